The van der Waals surface area contributed by atoms with E-state index in [9.17, 15) is 21.6 Å². The van der Waals surface area contributed by atoms with Crippen LogP contribution in [0.2, 0.25) is 0 Å². The summed E-state index contributed by atoms with van der Waals surface area (Å²) in [5.74, 6) is -0.0390. The summed E-state index contributed by atoms with van der Waals surface area (Å²) in [5.41, 5.74) is -5.92. The number of halogens is 4. The largest absolute Gasteiger partial charge is 0.534 e. The third-order valence-electron chi connectivity index (χ3n) is 2.47. The molecule has 2 rings (SSSR count). The second-order valence-corrected chi connectivity index (χ2v) is 8.75. The molecular formula is C17H18F3IO4S. The Morgan fingerprint density at radius 3 is 1.65 bits per heavy atom. The maximum Gasteiger partial charge on any atom is 0.534 e. The summed E-state index contributed by atoms with van der Waals surface area (Å²) < 4.78 is 68.4. The highest BCUT2D eigenvalue weighted by Crippen LogP contribution is 2.28. The molecule has 144 valence electrons. The molecule has 0 fully saturated rings. The van der Waals surface area contributed by atoms with Crippen molar-refractivity contribution in [1.82, 2.24) is 0 Å². The van der Waals surface area contributed by atoms with Crippen molar-refractivity contribution in [2.75, 3.05) is 0 Å². The van der Waals surface area contributed by atoms with Gasteiger partial charge in [0.05, 0.1) is 0 Å². The number of hydrogen-bond donors (Lipinski definition) is 0. The molecule has 0 atom stereocenters. The Labute approximate surface area is 164 Å². The molecule has 0 unspecified atom stereocenters. The van der Waals surface area contributed by atoms with E-state index in [4.69, 9.17) is 4.74 Å². The van der Waals surface area contributed by atoms with E-state index < -0.39 is 27.0 Å². The van der Waals surface area contributed by atoms with Gasteiger partial charge in [-0.1, -0.05) is 18.2 Å². The van der Waals surface area contributed by atoms with Crippen molar-refractivity contribution >= 4 is 32.7 Å². The first kappa shape index (κ1) is 22.6. The van der Waals surface area contributed by atoms with Crippen LogP contribution in [0.25, 0.3) is 0 Å². The highest BCUT2D eigenvalue weighted by Gasteiger charge is 2.48. The smallest absolute Gasteiger partial charge is 0.488 e. The molecule has 0 aromatic heterocycles. The Hall–Kier alpha value is -1.49. The van der Waals surface area contributed by atoms with E-state index in [2.05, 4.69) is 38.9 Å². The van der Waals surface area contributed by atoms with Crippen LogP contribution in [-0.2, 0) is 10.1 Å². The number of rotatable bonds is 3. The van der Waals surface area contributed by atoms with Crippen LogP contribution >= 0.6 is 22.6 Å². The highest BCUT2D eigenvalue weighted by atomic mass is 127. The quantitative estimate of drug-likeness (QED) is 0.321. The average molecular weight is 502 g/mol. The van der Waals surface area contributed by atoms with E-state index in [1.807, 2.05) is 18.2 Å². The fraction of sp³-hybridized carbons (Fsp3) is 0.294. The van der Waals surface area contributed by atoms with Crippen LogP contribution in [0.5, 0.6) is 11.5 Å². The molecule has 0 heterocycles. The summed E-state index contributed by atoms with van der Waals surface area (Å²) in [4.78, 5) is 0. The van der Waals surface area contributed by atoms with Gasteiger partial charge in [0.15, 0.2) is 0 Å². The highest BCUT2D eigenvalue weighted by molar-refractivity contribution is 14.1. The summed E-state index contributed by atoms with van der Waals surface area (Å²) in [6, 6.07) is 15.0. The molecule has 0 aliphatic heterocycles. The van der Waals surface area contributed by atoms with Crippen LogP contribution < -0.4 is 8.92 Å². The molecule has 0 saturated carbocycles. The van der Waals surface area contributed by atoms with Gasteiger partial charge in [-0.2, -0.15) is 21.6 Å². The maximum atomic E-state index is 12.1. The Balaban J connectivity index is 0.000000401. The average Bonchev–Trinajstić information content (AvgIpc) is 2.48. The van der Waals surface area contributed by atoms with E-state index in [1.54, 1.807) is 20.8 Å². The monoisotopic (exact) mass is 502 g/mol. The SMILES string of the molecule is CC(C)(C)Oc1ccc(OS(=O)(=O)C(F)(F)F)cc1.Ic1ccccc1. The molecule has 0 bridgehead atoms. The van der Waals surface area contributed by atoms with Crippen LogP contribution in [0, 0.1) is 3.57 Å². The van der Waals surface area contributed by atoms with Gasteiger partial charge in [-0.05, 0) is 79.8 Å². The van der Waals surface area contributed by atoms with Crippen molar-refractivity contribution in [3.63, 3.8) is 0 Å². The molecule has 9 heteroatoms. The van der Waals surface area contributed by atoms with E-state index in [0.717, 1.165) is 12.1 Å². The first-order valence-electron chi connectivity index (χ1n) is 7.30. The lowest BCUT2D eigenvalue weighted by atomic mass is 10.2. The van der Waals surface area contributed by atoms with Crippen molar-refractivity contribution in [2.24, 2.45) is 0 Å². The molecule has 0 amide bonds. The minimum Gasteiger partial charge on any atom is -0.488 e. The zero-order valence-corrected chi connectivity index (χ0v) is 17.2. The summed E-state index contributed by atoms with van der Waals surface area (Å²) >= 11 is 2.28. The lowest BCUT2D eigenvalue weighted by Crippen LogP contribution is -2.28. The van der Waals surface area contributed by atoms with E-state index in [1.165, 1.54) is 15.7 Å². The molecule has 2 aromatic rings. The minimum atomic E-state index is -5.64. The van der Waals surface area contributed by atoms with E-state index >= 15 is 0 Å². The fourth-order valence-corrected chi connectivity index (χ4v) is 2.38. The molecular weight excluding hydrogens is 484 g/mol. The van der Waals surface area contributed by atoms with Gasteiger partial charge in [-0.25, -0.2) is 0 Å². The Bertz CT molecular complexity index is 783. The maximum absolute atomic E-state index is 12.1. The lowest BCUT2D eigenvalue weighted by molar-refractivity contribution is -0.0500. The predicted octanol–water partition coefficient (Wildman–Crippen LogP) is 5.38. The van der Waals surface area contributed by atoms with Gasteiger partial charge in [0.25, 0.3) is 0 Å². The lowest BCUT2D eigenvalue weighted by Gasteiger charge is -2.21. The Morgan fingerprint density at radius 1 is 0.846 bits per heavy atom. The molecule has 0 aliphatic carbocycles. The number of ether oxygens (including phenoxy) is 1. The predicted molar refractivity (Wildman–Crippen MR) is 102 cm³/mol. The zero-order chi connectivity index (χ0) is 20.0. The van der Waals surface area contributed by atoms with Gasteiger partial charge < -0.3 is 8.92 Å². The second-order valence-electron chi connectivity index (χ2n) is 5.96. The molecule has 0 spiro atoms. The standard InChI is InChI=1S/C11H13F3O4S.C6H5I/c1-10(2,3)17-8-4-6-9(7-5-8)18-19(15,16)11(12,13)14;7-6-4-2-1-3-5-6/h4-7H,1-3H3;1-5H. The van der Waals surface area contributed by atoms with Crippen LogP contribution in [0.4, 0.5) is 13.2 Å². The second kappa shape index (κ2) is 8.94. The topological polar surface area (TPSA) is 52.6 Å². The van der Waals surface area contributed by atoms with Crippen LogP contribution in [0.1, 0.15) is 20.8 Å². The normalized spacial score (nSPS) is 12.0. The Kier molecular flexibility index (Phi) is 7.75. The van der Waals surface area contributed by atoms with Crippen molar-refractivity contribution < 1.29 is 30.5 Å². The Morgan fingerprint density at radius 2 is 1.31 bits per heavy atom. The van der Waals surface area contributed by atoms with E-state index in [-0.39, 0.29) is 0 Å². The fourth-order valence-electron chi connectivity index (χ4n) is 1.51. The summed E-state index contributed by atoms with van der Waals surface area (Å²) in [5, 5.41) is 0. The third-order valence-corrected chi connectivity index (χ3v) is 4.17. The molecule has 0 radical (unpaired) electrons. The van der Waals surface area contributed by atoms with Crippen molar-refractivity contribution in [1.29, 1.82) is 0 Å². The number of alkyl halides is 3. The van der Waals surface area contributed by atoms with E-state index in [0.29, 0.717) is 5.75 Å². The van der Waals surface area contributed by atoms with Gasteiger partial charge in [-0.3, -0.25) is 0 Å². The summed E-state index contributed by atoms with van der Waals surface area (Å²) in [7, 11) is -5.64. The zero-order valence-electron chi connectivity index (χ0n) is 14.2. The first-order chi connectivity index (χ1) is 11.8. The first-order valence-corrected chi connectivity index (χ1v) is 9.79. The van der Waals surface area contributed by atoms with Crippen LogP contribution in [0.3, 0.4) is 0 Å². The van der Waals surface area contributed by atoms with Crippen molar-refractivity contribution in [2.45, 2.75) is 31.9 Å². The summed E-state index contributed by atoms with van der Waals surface area (Å²) in [6.07, 6.45) is 0. The number of hydrogen-bond acceptors (Lipinski definition) is 4. The molecule has 26 heavy (non-hydrogen) atoms. The van der Waals surface area contributed by atoms with Gasteiger partial charge >= 0.3 is 15.6 Å². The number of benzene rings is 2. The van der Waals surface area contributed by atoms with Crippen molar-refractivity contribution in [3.8, 4) is 11.5 Å². The summed E-state index contributed by atoms with van der Waals surface area (Å²) in [6.45, 7) is 5.39. The van der Waals surface area contributed by atoms with Crippen LogP contribution in [0.15, 0.2) is 54.6 Å². The molecule has 2 aromatic carbocycles. The molecule has 0 aliphatic rings. The molecule has 4 nitrogen and oxygen atoms in total. The minimum absolute atomic E-state index is 0.393. The van der Waals surface area contributed by atoms with Crippen molar-refractivity contribution in [3.05, 3.63) is 58.2 Å². The van der Waals surface area contributed by atoms with Gasteiger partial charge in [0.2, 0.25) is 0 Å². The third kappa shape index (κ3) is 8.26. The van der Waals surface area contributed by atoms with Gasteiger partial charge in [-0.15, -0.1) is 0 Å². The molecule has 0 saturated heterocycles. The van der Waals surface area contributed by atoms with Crippen LogP contribution in [-0.4, -0.2) is 19.5 Å². The molecule has 0 N–H and O–H groups in total. The van der Waals surface area contributed by atoms with Gasteiger partial charge in [0, 0.05) is 3.57 Å². The van der Waals surface area contributed by atoms with Gasteiger partial charge in [0.1, 0.15) is 17.1 Å².